The number of nitro benzene ring substituents is 1. The van der Waals surface area contributed by atoms with Gasteiger partial charge in [-0.1, -0.05) is 20.8 Å². The molecule has 0 saturated carbocycles. The minimum absolute atomic E-state index is 0.0620. The second kappa shape index (κ2) is 3.81. The van der Waals surface area contributed by atoms with E-state index in [0.717, 1.165) is 5.56 Å². The van der Waals surface area contributed by atoms with Crippen molar-refractivity contribution >= 4 is 21.6 Å². The summed E-state index contributed by atoms with van der Waals surface area (Å²) >= 11 is 3.15. The maximum absolute atomic E-state index is 10.6. The number of benzene rings is 1. The molecule has 0 aliphatic carbocycles. The minimum atomic E-state index is -0.492. The van der Waals surface area contributed by atoms with Crippen LogP contribution in [0.4, 0.5) is 5.69 Å². The van der Waals surface area contributed by atoms with Crippen LogP contribution in [0.5, 0.6) is 5.75 Å². The van der Waals surface area contributed by atoms with E-state index < -0.39 is 4.92 Å². The Morgan fingerprint density at radius 2 is 1.93 bits per heavy atom. The standard InChI is InChI=1S/C10H12BrNO3/c1-10(2,3)6-4-7(11)8(12(14)15)5-9(6)13/h4-5,13H,1-3H3/p+1. The molecular weight excluding hydrogens is 262 g/mol. The molecule has 0 saturated heterocycles. The first-order valence-electron chi connectivity index (χ1n) is 4.43. The van der Waals surface area contributed by atoms with Gasteiger partial charge in [0.25, 0.3) is 11.4 Å². The van der Waals surface area contributed by atoms with Crippen molar-refractivity contribution in [3.8, 4) is 5.75 Å². The highest BCUT2D eigenvalue weighted by atomic mass is 79.9. The van der Waals surface area contributed by atoms with E-state index >= 15 is 0 Å². The highest BCUT2D eigenvalue weighted by Crippen LogP contribution is 2.37. The van der Waals surface area contributed by atoms with Gasteiger partial charge < -0.3 is 5.11 Å². The molecule has 0 heterocycles. The fraction of sp³-hybridized carbons (Fsp3) is 0.400. The van der Waals surface area contributed by atoms with Gasteiger partial charge in [0, 0.05) is 0 Å². The molecule has 82 valence electrons. The SMILES string of the molecule is CC(C)(C)c1cc(Br)c([N+](=O)[O-])cc1[OH2+]. The van der Waals surface area contributed by atoms with Crippen molar-refractivity contribution in [1.82, 2.24) is 0 Å². The summed E-state index contributed by atoms with van der Waals surface area (Å²) in [6.45, 7) is 5.91. The first kappa shape index (κ1) is 12.0. The third-order valence-electron chi connectivity index (χ3n) is 2.09. The third-order valence-corrected chi connectivity index (χ3v) is 2.73. The second-order valence-electron chi connectivity index (χ2n) is 4.36. The Balaban J connectivity index is 3.39. The zero-order valence-corrected chi connectivity index (χ0v) is 10.4. The van der Waals surface area contributed by atoms with Crippen molar-refractivity contribution in [3.05, 3.63) is 32.3 Å². The molecule has 0 aromatic heterocycles. The lowest BCUT2D eigenvalue weighted by molar-refractivity contribution is -0.385. The molecule has 0 atom stereocenters. The minimum Gasteiger partial charge on any atom is -0.593 e. The van der Waals surface area contributed by atoms with Gasteiger partial charge in [-0.3, -0.25) is 10.1 Å². The second-order valence-corrected chi connectivity index (χ2v) is 5.21. The molecule has 4 nitrogen and oxygen atoms in total. The molecule has 0 amide bonds. The van der Waals surface area contributed by atoms with E-state index in [2.05, 4.69) is 15.9 Å². The lowest BCUT2D eigenvalue weighted by atomic mass is 9.86. The van der Waals surface area contributed by atoms with Gasteiger partial charge in [-0.25, -0.2) is 0 Å². The van der Waals surface area contributed by atoms with E-state index in [1.165, 1.54) is 6.07 Å². The monoisotopic (exact) mass is 274 g/mol. The zero-order valence-electron chi connectivity index (χ0n) is 8.80. The fourth-order valence-corrected chi connectivity index (χ4v) is 1.81. The Morgan fingerprint density at radius 1 is 1.40 bits per heavy atom. The van der Waals surface area contributed by atoms with Crippen LogP contribution < -0.4 is 0 Å². The average Bonchev–Trinajstić information content (AvgIpc) is 2.06. The molecule has 15 heavy (non-hydrogen) atoms. The predicted molar refractivity (Wildman–Crippen MR) is 62.6 cm³/mol. The Labute approximate surface area is 96.2 Å². The Kier molecular flexibility index (Phi) is 3.04. The molecule has 0 fully saturated rings. The number of halogens is 1. The molecule has 0 aliphatic heterocycles. The molecule has 1 aromatic rings. The number of hydrogen-bond acceptors (Lipinski definition) is 2. The summed E-state index contributed by atoms with van der Waals surface area (Å²) in [4.78, 5) is 10.1. The number of rotatable bonds is 1. The Bertz CT molecular complexity index is 410. The van der Waals surface area contributed by atoms with Crippen LogP contribution in [0.1, 0.15) is 26.3 Å². The maximum atomic E-state index is 10.6. The van der Waals surface area contributed by atoms with Crippen LogP contribution in [-0.4, -0.2) is 10.0 Å². The summed E-state index contributed by atoms with van der Waals surface area (Å²) in [5.74, 6) is 0.206. The van der Waals surface area contributed by atoms with Gasteiger partial charge in [0.05, 0.1) is 15.0 Å². The molecule has 1 rings (SSSR count). The number of nitrogens with zero attached hydrogens (tertiary/aromatic N) is 1. The fourth-order valence-electron chi connectivity index (χ4n) is 1.32. The van der Waals surface area contributed by atoms with E-state index in [1.54, 1.807) is 6.07 Å². The topological polar surface area (TPSA) is 66.0 Å². The van der Waals surface area contributed by atoms with Crippen LogP contribution in [-0.2, 0) is 5.41 Å². The summed E-state index contributed by atoms with van der Waals surface area (Å²) in [7, 11) is 0. The molecule has 0 radical (unpaired) electrons. The molecule has 0 spiro atoms. The predicted octanol–water partition coefficient (Wildman–Crippen LogP) is 3.09. The van der Waals surface area contributed by atoms with Gasteiger partial charge >= 0.3 is 0 Å². The van der Waals surface area contributed by atoms with Crippen LogP contribution in [0.3, 0.4) is 0 Å². The van der Waals surface area contributed by atoms with Crippen molar-refractivity contribution in [2.45, 2.75) is 26.2 Å². The molecule has 0 bridgehead atoms. The number of hydrogen-bond donors (Lipinski definition) is 0. The van der Waals surface area contributed by atoms with Crippen molar-refractivity contribution < 1.29 is 10.0 Å². The van der Waals surface area contributed by atoms with Gasteiger partial charge in [-0.05, 0) is 27.4 Å². The van der Waals surface area contributed by atoms with Crippen molar-refractivity contribution in [2.24, 2.45) is 0 Å². The quantitative estimate of drug-likeness (QED) is 0.449. The molecule has 5 heteroatoms. The Morgan fingerprint density at radius 3 is 2.33 bits per heavy atom. The summed E-state index contributed by atoms with van der Waals surface area (Å²) < 4.78 is 0.424. The Hall–Kier alpha value is -1.10. The van der Waals surface area contributed by atoms with Crippen LogP contribution in [0, 0.1) is 10.1 Å². The van der Waals surface area contributed by atoms with E-state index in [1.807, 2.05) is 20.8 Å². The molecule has 2 N–H and O–H groups in total. The largest absolute Gasteiger partial charge is 0.593 e. The van der Waals surface area contributed by atoms with E-state index in [-0.39, 0.29) is 16.9 Å². The first-order valence-corrected chi connectivity index (χ1v) is 5.23. The summed E-state index contributed by atoms with van der Waals surface area (Å²) in [5.41, 5.74) is 0.544. The van der Waals surface area contributed by atoms with Crippen LogP contribution in [0.25, 0.3) is 0 Å². The summed E-state index contributed by atoms with van der Waals surface area (Å²) in [6.07, 6.45) is 0. The highest BCUT2D eigenvalue weighted by molar-refractivity contribution is 9.10. The highest BCUT2D eigenvalue weighted by Gasteiger charge is 2.26. The lowest BCUT2D eigenvalue weighted by Gasteiger charge is -2.18. The molecular formula is C10H13BrNO3+. The van der Waals surface area contributed by atoms with Crippen LogP contribution in [0.2, 0.25) is 0 Å². The van der Waals surface area contributed by atoms with Gasteiger partial charge in [0.1, 0.15) is 6.07 Å². The van der Waals surface area contributed by atoms with Crippen molar-refractivity contribution in [3.63, 3.8) is 0 Å². The van der Waals surface area contributed by atoms with E-state index in [9.17, 15) is 10.1 Å². The van der Waals surface area contributed by atoms with Gasteiger partial charge in [0.2, 0.25) is 0 Å². The first-order chi connectivity index (χ1) is 6.73. The maximum Gasteiger partial charge on any atom is 0.292 e. The summed E-state index contributed by atoms with van der Waals surface area (Å²) in [6, 6.07) is 2.94. The van der Waals surface area contributed by atoms with Crippen LogP contribution >= 0.6 is 15.9 Å². The molecule has 0 unspecified atom stereocenters. The van der Waals surface area contributed by atoms with Crippen molar-refractivity contribution in [1.29, 1.82) is 0 Å². The third kappa shape index (κ3) is 2.47. The average molecular weight is 275 g/mol. The molecule has 1 aromatic carbocycles. The number of nitro groups is 1. The van der Waals surface area contributed by atoms with Crippen molar-refractivity contribution in [2.75, 3.05) is 0 Å². The summed E-state index contributed by atoms with van der Waals surface area (Å²) in [5, 5.41) is 18.4. The lowest BCUT2D eigenvalue weighted by Crippen LogP contribution is -2.11. The normalized spacial score (nSPS) is 11.5. The van der Waals surface area contributed by atoms with E-state index in [4.69, 9.17) is 5.11 Å². The van der Waals surface area contributed by atoms with E-state index in [0.29, 0.717) is 4.47 Å². The zero-order chi connectivity index (χ0) is 11.8. The smallest absolute Gasteiger partial charge is 0.292 e. The van der Waals surface area contributed by atoms with Gasteiger partial charge in [0.15, 0.2) is 0 Å². The van der Waals surface area contributed by atoms with Crippen LogP contribution in [0.15, 0.2) is 16.6 Å². The molecule has 0 aliphatic rings. The van der Waals surface area contributed by atoms with Gasteiger partial charge in [-0.2, -0.15) is 0 Å². The van der Waals surface area contributed by atoms with Gasteiger partial charge in [-0.15, -0.1) is 0 Å².